The third-order valence-electron chi connectivity index (χ3n) is 2.41. The number of para-hydroxylation sites is 1. The van der Waals surface area contributed by atoms with Crippen LogP contribution in [0.5, 0.6) is 0 Å². The molecule has 1 nitrogen and oxygen atoms in total. The summed E-state index contributed by atoms with van der Waals surface area (Å²) in [5.74, 6) is 0. The smallest absolute Gasteiger partial charge is 0.0688 e. The molecule has 0 aliphatic heterocycles. The Balaban J connectivity index is 2.16. The highest BCUT2D eigenvalue weighted by Gasteiger charge is 2.02. The van der Waals surface area contributed by atoms with Crippen molar-refractivity contribution in [2.45, 2.75) is 6.54 Å². The molecule has 16 heavy (non-hydrogen) atoms. The number of hydrogen-bond donors (Lipinski definition) is 0. The molecule has 2 aromatic rings. The summed E-state index contributed by atoms with van der Waals surface area (Å²) in [7, 11) is 0. The topological polar surface area (TPSA) is 3.24 Å². The van der Waals surface area contributed by atoms with Gasteiger partial charge in [-0.2, -0.15) is 0 Å². The average molecular weight is 227 g/mol. The normalized spacial score (nSPS) is 9.75. The molecule has 0 atom stereocenters. The molecular formula is C14H13NS. The SMILES string of the molecule is S=CN(Cc1ccccc1)c1ccccc1. The number of hydrogen-bond acceptors (Lipinski definition) is 1. The van der Waals surface area contributed by atoms with Crippen molar-refractivity contribution >= 4 is 23.4 Å². The van der Waals surface area contributed by atoms with E-state index in [0.29, 0.717) is 0 Å². The summed E-state index contributed by atoms with van der Waals surface area (Å²) in [5.41, 5.74) is 4.08. The highest BCUT2D eigenvalue weighted by molar-refractivity contribution is 7.79. The van der Waals surface area contributed by atoms with E-state index in [2.05, 4.69) is 29.2 Å². The minimum Gasteiger partial charge on any atom is -0.334 e. The van der Waals surface area contributed by atoms with E-state index < -0.39 is 0 Å². The molecule has 80 valence electrons. The molecule has 0 fully saturated rings. The first-order chi connectivity index (χ1) is 7.90. The van der Waals surface area contributed by atoms with Crippen LogP contribution in [0.2, 0.25) is 0 Å². The molecule has 0 saturated carbocycles. The van der Waals surface area contributed by atoms with E-state index in [1.54, 1.807) is 5.49 Å². The summed E-state index contributed by atoms with van der Waals surface area (Å²) < 4.78 is 0. The van der Waals surface area contributed by atoms with Gasteiger partial charge in [0, 0.05) is 12.2 Å². The van der Waals surface area contributed by atoms with Gasteiger partial charge in [-0.15, -0.1) is 0 Å². The number of nitrogens with zero attached hydrogens (tertiary/aromatic N) is 1. The van der Waals surface area contributed by atoms with Gasteiger partial charge in [-0.1, -0.05) is 60.7 Å². The fourth-order valence-electron chi connectivity index (χ4n) is 1.59. The van der Waals surface area contributed by atoms with Gasteiger partial charge in [0.25, 0.3) is 0 Å². The number of benzene rings is 2. The van der Waals surface area contributed by atoms with Gasteiger partial charge in [0.15, 0.2) is 0 Å². The van der Waals surface area contributed by atoms with Crippen molar-refractivity contribution in [1.29, 1.82) is 0 Å². The van der Waals surface area contributed by atoms with Crippen LogP contribution in [0.4, 0.5) is 5.69 Å². The van der Waals surface area contributed by atoms with Crippen molar-refractivity contribution in [2.24, 2.45) is 0 Å². The Morgan fingerprint density at radius 3 is 2.00 bits per heavy atom. The number of anilines is 1. The van der Waals surface area contributed by atoms with Crippen LogP contribution < -0.4 is 4.90 Å². The van der Waals surface area contributed by atoms with Gasteiger partial charge in [-0.25, -0.2) is 0 Å². The van der Waals surface area contributed by atoms with Gasteiger partial charge in [0.05, 0.1) is 5.49 Å². The number of thiocarbonyl (C=S) groups is 1. The monoisotopic (exact) mass is 227 g/mol. The molecule has 0 spiro atoms. The molecule has 0 radical (unpaired) electrons. The summed E-state index contributed by atoms with van der Waals surface area (Å²) in [6.07, 6.45) is 0. The maximum Gasteiger partial charge on any atom is 0.0688 e. The van der Waals surface area contributed by atoms with E-state index in [1.165, 1.54) is 5.56 Å². The first-order valence-electron chi connectivity index (χ1n) is 5.21. The molecule has 2 rings (SSSR count). The second kappa shape index (κ2) is 5.42. The molecule has 0 bridgehead atoms. The zero-order chi connectivity index (χ0) is 11.2. The molecule has 2 heteroatoms. The molecule has 0 saturated heterocycles. The van der Waals surface area contributed by atoms with Crippen molar-refractivity contribution in [3.05, 3.63) is 66.2 Å². The molecule has 0 amide bonds. The van der Waals surface area contributed by atoms with Crippen molar-refractivity contribution in [3.63, 3.8) is 0 Å². The lowest BCUT2D eigenvalue weighted by molar-refractivity contribution is 1.03. The third kappa shape index (κ3) is 2.67. The quantitative estimate of drug-likeness (QED) is 0.733. The molecule has 0 unspecified atom stereocenters. The Morgan fingerprint density at radius 2 is 1.44 bits per heavy atom. The van der Waals surface area contributed by atoms with Gasteiger partial charge in [0.2, 0.25) is 0 Å². The van der Waals surface area contributed by atoms with Crippen LogP contribution in [0.1, 0.15) is 5.56 Å². The summed E-state index contributed by atoms with van der Waals surface area (Å²) in [5, 5.41) is 0. The Labute approximate surface area is 101 Å². The van der Waals surface area contributed by atoms with Gasteiger partial charge >= 0.3 is 0 Å². The van der Waals surface area contributed by atoms with Crippen LogP contribution in [-0.4, -0.2) is 5.49 Å². The number of rotatable bonds is 4. The lowest BCUT2D eigenvalue weighted by atomic mass is 10.2. The average Bonchev–Trinajstić information content (AvgIpc) is 2.38. The second-order valence-electron chi connectivity index (χ2n) is 3.55. The van der Waals surface area contributed by atoms with Gasteiger partial charge in [0.1, 0.15) is 0 Å². The zero-order valence-electron chi connectivity index (χ0n) is 8.91. The summed E-state index contributed by atoms with van der Waals surface area (Å²) in [6.45, 7) is 0.814. The minimum atomic E-state index is 0.814. The standard InChI is InChI=1S/C14H13NS/c16-12-15(14-9-5-2-6-10-14)11-13-7-3-1-4-8-13/h1-10,12H,11H2. The third-order valence-corrected chi connectivity index (χ3v) is 2.67. The Kier molecular flexibility index (Phi) is 3.67. The summed E-state index contributed by atoms with van der Waals surface area (Å²) in [6, 6.07) is 20.5. The predicted octanol–water partition coefficient (Wildman–Crippen LogP) is 3.65. The first-order valence-corrected chi connectivity index (χ1v) is 5.68. The first kappa shape index (κ1) is 10.8. The van der Waals surface area contributed by atoms with Gasteiger partial charge < -0.3 is 4.90 Å². The van der Waals surface area contributed by atoms with E-state index in [-0.39, 0.29) is 0 Å². The van der Waals surface area contributed by atoms with Crippen LogP contribution in [0.25, 0.3) is 0 Å². The van der Waals surface area contributed by atoms with Crippen molar-refractivity contribution in [3.8, 4) is 0 Å². The fourth-order valence-corrected chi connectivity index (χ4v) is 1.79. The molecule has 0 aliphatic rings. The van der Waals surface area contributed by atoms with E-state index in [4.69, 9.17) is 12.2 Å². The molecule has 2 aromatic carbocycles. The van der Waals surface area contributed by atoms with Crippen LogP contribution >= 0.6 is 12.2 Å². The molecule has 0 aliphatic carbocycles. The molecule has 0 aromatic heterocycles. The lowest BCUT2D eigenvalue weighted by Gasteiger charge is -2.19. The lowest BCUT2D eigenvalue weighted by Crippen LogP contribution is -2.18. The fraction of sp³-hybridized carbons (Fsp3) is 0.0714. The zero-order valence-corrected chi connectivity index (χ0v) is 9.73. The molecular weight excluding hydrogens is 214 g/mol. The maximum absolute atomic E-state index is 5.06. The molecule has 0 heterocycles. The predicted molar refractivity (Wildman–Crippen MR) is 72.7 cm³/mol. The Hall–Kier alpha value is -1.67. The van der Waals surface area contributed by atoms with Gasteiger partial charge in [-0.3, -0.25) is 0 Å². The highest BCUT2D eigenvalue weighted by atomic mass is 32.1. The van der Waals surface area contributed by atoms with E-state index >= 15 is 0 Å². The van der Waals surface area contributed by atoms with Crippen molar-refractivity contribution < 1.29 is 0 Å². The summed E-state index contributed by atoms with van der Waals surface area (Å²) >= 11 is 5.06. The maximum atomic E-state index is 5.06. The van der Waals surface area contributed by atoms with Crippen LogP contribution in [0.15, 0.2) is 60.7 Å². The van der Waals surface area contributed by atoms with Crippen molar-refractivity contribution in [2.75, 3.05) is 4.90 Å². The van der Waals surface area contributed by atoms with Crippen LogP contribution in [0, 0.1) is 0 Å². The largest absolute Gasteiger partial charge is 0.334 e. The Bertz CT molecular complexity index is 439. The second-order valence-corrected chi connectivity index (χ2v) is 3.77. The van der Waals surface area contributed by atoms with Gasteiger partial charge in [-0.05, 0) is 17.7 Å². The van der Waals surface area contributed by atoms with E-state index in [0.717, 1.165) is 12.2 Å². The summed E-state index contributed by atoms with van der Waals surface area (Å²) in [4.78, 5) is 2.06. The Morgan fingerprint density at radius 1 is 0.875 bits per heavy atom. The van der Waals surface area contributed by atoms with Crippen LogP contribution in [0.3, 0.4) is 0 Å². The van der Waals surface area contributed by atoms with Crippen molar-refractivity contribution in [1.82, 2.24) is 0 Å². The minimum absolute atomic E-state index is 0.814. The highest BCUT2D eigenvalue weighted by Crippen LogP contribution is 2.14. The van der Waals surface area contributed by atoms with E-state index in [9.17, 15) is 0 Å². The van der Waals surface area contributed by atoms with Crippen LogP contribution in [-0.2, 0) is 6.54 Å². The molecule has 0 N–H and O–H groups in total. The van der Waals surface area contributed by atoms with E-state index in [1.807, 2.05) is 36.4 Å².